The molecule has 116 valence electrons. The molecular weight excluding hydrogens is 266 g/mol. The van der Waals surface area contributed by atoms with Gasteiger partial charge in [-0.25, -0.2) is 0 Å². The second-order valence-electron chi connectivity index (χ2n) is 5.74. The quantitative estimate of drug-likeness (QED) is 0.833. The standard InChI is InChI=1S/C16H25N3O2/c1-11(2)14(10-17)16(21)18-13-7-5-12(6-8-13)9-15(20)19(3)4/h5-8,11,14H,9-10,17H2,1-4H3,(H,18,21). The van der Waals surface area contributed by atoms with E-state index in [2.05, 4.69) is 5.32 Å². The third-order valence-corrected chi connectivity index (χ3v) is 3.47. The SMILES string of the molecule is CC(C)C(CN)C(=O)Nc1ccc(CC(=O)N(C)C)cc1. The third-order valence-electron chi connectivity index (χ3n) is 3.47. The van der Waals surface area contributed by atoms with Crippen LogP contribution in [0.4, 0.5) is 5.69 Å². The van der Waals surface area contributed by atoms with Gasteiger partial charge in [-0.3, -0.25) is 9.59 Å². The zero-order valence-electron chi connectivity index (χ0n) is 13.2. The van der Waals surface area contributed by atoms with Crippen molar-refractivity contribution in [1.29, 1.82) is 0 Å². The molecule has 0 bridgehead atoms. The van der Waals surface area contributed by atoms with Gasteiger partial charge in [0.25, 0.3) is 0 Å². The molecule has 1 aromatic carbocycles. The first kappa shape index (κ1) is 17.2. The molecule has 0 aliphatic carbocycles. The number of benzene rings is 1. The second kappa shape index (κ2) is 7.78. The first-order valence-corrected chi connectivity index (χ1v) is 7.15. The molecule has 5 heteroatoms. The van der Waals surface area contributed by atoms with Crippen LogP contribution in [0, 0.1) is 11.8 Å². The van der Waals surface area contributed by atoms with Crippen LogP contribution < -0.4 is 11.1 Å². The molecule has 1 unspecified atom stereocenters. The van der Waals surface area contributed by atoms with Gasteiger partial charge in [-0.05, 0) is 23.6 Å². The summed E-state index contributed by atoms with van der Waals surface area (Å²) in [7, 11) is 3.46. The van der Waals surface area contributed by atoms with E-state index >= 15 is 0 Å². The molecule has 0 aliphatic heterocycles. The maximum Gasteiger partial charge on any atom is 0.229 e. The van der Waals surface area contributed by atoms with Crippen LogP contribution in [-0.4, -0.2) is 37.4 Å². The Bertz CT molecular complexity index is 481. The van der Waals surface area contributed by atoms with E-state index in [-0.39, 0.29) is 23.7 Å². The van der Waals surface area contributed by atoms with Crippen LogP contribution in [0.2, 0.25) is 0 Å². The van der Waals surface area contributed by atoms with E-state index in [9.17, 15) is 9.59 Å². The van der Waals surface area contributed by atoms with Gasteiger partial charge in [-0.2, -0.15) is 0 Å². The van der Waals surface area contributed by atoms with E-state index in [1.165, 1.54) is 0 Å². The van der Waals surface area contributed by atoms with Crippen molar-refractivity contribution < 1.29 is 9.59 Å². The van der Waals surface area contributed by atoms with E-state index in [1.807, 2.05) is 38.1 Å². The van der Waals surface area contributed by atoms with Gasteiger partial charge in [0.2, 0.25) is 11.8 Å². The first-order valence-electron chi connectivity index (χ1n) is 7.15. The van der Waals surface area contributed by atoms with Crippen molar-refractivity contribution in [2.75, 3.05) is 26.0 Å². The number of hydrogen-bond donors (Lipinski definition) is 2. The highest BCUT2D eigenvalue weighted by Gasteiger charge is 2.20. The molecule has 0 spiro atoms. The van der Waals surface area contributed by atoms with Gasteiger partial charge < -0.3 is 16.0 Å². The average Bonchev–Trinajstić information content (AvgIpc) is 2.41. The molecule has 1 rings (SSSR count). The number of likely N-dealkylation sites (N-methyl/N-ethyl adjacent to an activating group) is 1. The number of carbonyl (C=O) groups excluding carboxylic acids is 2. The number of nitrogens with zero attached hydrogens (tertiary/aromatic N) is 1. The lowest BCUT2D eigenvalue weighted by Gasteiger charge is -2.18. The maximum atomic E-state index is 12.1. The zero-order valence-corrected chi connectivity index (χ0v) is 13.2. The third kappa shape index (κ3) is 5.19. The van der Waals surface area contributed by atoms with Crippen molar-refractivity contribution in [2.45, 2.75) is 20.3 Å². The molecule has 0 aromatic heterocycles. The molecule has 0 fully saturated rings. The molecule has 0 aliphatic rings. The number of carbonyl (C=O) groups is 2. The van der Waals surface area contributed by atoms with Gasteiger partial charge in [0.15, 0.2) is 0 Å². The summed E-state index contributed by atoms with van der Waals surface area (Å²) in [5.41, 5.74) is 7.28. The minimum atomic E-state index is -0.194. The number of hydrogen-bond acceptors (Lipinski definition) is 3. The van der Waals surface area contributed by atoms with Crippen LogP contribution in [0.3, 0.4) is 0 Å². The van der Waals surface area contributed by atoms with E-state index in [4.69, 9.17) is 5.73 Å². The molecule has 3 N–H and O–H groups in total. The smallest absolute Gasteiger partial charge is 0.229 e. The second-order valence-corrected chi connectivity index (χ2v) is 5.74. The highest BCUT2D eigenvalue weighted by Crippen LogP contribution is 2.15. The van der Waals surface area contributed by atoms with Crippen LogP contribution >= 0.6 is 0 Å². The summed E-state index contributed by atoms with van der Waals surface area (Å²) < 4.78 is 0. The fourth-order valence-electron chi connectivity index (χ4n) is 1.96. The first-order chi connectivity index (χ1) is 9.85. The molecule has 0 radical (unpaired) electrons. The van der Waals surface area contributed by atoms with Crippen molar-refractivity contribution in [3.63, 3.8) is 0 Å². The Kier molecular flexibility index (Phi) is 6.37. The Labute approximate surface area is 126 Å². The molecule has 1 atom stereocenters. The molecule has 5 nitrogen and oxygen atoms in total. The van der Waals surface area contributed by atoms with Crippen molar-refractivity contribution in [3.05, 3.63) is 29.8 Å². The van der Waals surface area contributed by atoms with Crippen LogP contribution in [0.1, 0.15) is 19.4 Å². The van der Waals surface area contributed by atoms with Crippen molar-refractivity contribution >= 4 is 17.5 Å². The number of rotatable bonds is 6. The summed E-state index contributed by atoms with van der Waals surface area (Å²) in [6.07, 6.45) is 0.360. The summed E-state index contributed by atoms with van der Waals surface area (Å²) in [4.78, 5) is 25.3. The molecule has 21 heavy (non-hydrogen) atoms. The summed E-state index contributed by atoms with van der Waals surface area (Å²) in [6.45, 7) is 4.29. The Hall–Kier alpha value is -1.88. The molecule has 0 heterocycles. The lowest BCUT2D eigenvalue weighted by Crippen LogP contribution is -2.33. The summed E-state index contributed by atoms with van der Waals surface area (Å²) in [5.74, 6) is -0.00797. The summed E-state index contributed by atoms with van der Waals surface area (Å²) in [5, 5.41) is 2.86. The summed E-state index contributed by atoms with van der Waals surface area (Å²) in [6, 6.07) is 7.32. The Morgan fingerprint density at radius 1 is 1.19 bits per heavy atom. The Morgan fingerprint density at radius 2 is 1.76 bits per heavy atom. The van der Waals surface area contributed by atoms with Crippen LogP contribution in [0.25, 0.3) is 0 Å². The normalized spacial score (nSPS) is 12.1. The topological polar surface area (TPSA) is 75.4 Å². The Balaban J connectivity index is 2.66. The van der Waals surface area contributed by atoms with Crippen LogP contribution in [0.5, 0.6) is 0 Å². The van der Waals surface area contributed by atoms with Gasteiger partial charge in [-0.1, -0.05) is 26.0 Å². The molecule has 0 saturated carbocycles. The summed E-state index contributed by atoms with van der Waals surface area (Å²) >= 11 is 0. The number of nitrogens with one attached hydrogen (secondary N) is 1. The molecule has 1 aromatic rings. The van der Waals surface area contributed by atoms with E-state index in [0.717, 1.165) is 11.3 Å². The fourth-order valence-corrected chi connectivity index (χ4v) is 1.96. The monoisotopic (exact) mass is 291 g/mol. The van der Waals surface area contributed by atoms with Gasteiger partial charge in [0, 0.05) is 26.3 Å². The van der Waals surface area contributed by atoms with Crippen LogP contribution in [0.15, 0.2) is 24.3 Å². The predicted octanol–water partition coefficient (Wildman–Crippen LogP) is 1.49. The number of amides is 2. The van der Waals surface area contributed by atoms with E-state index < -0.39 is 0 Å². The number of anilines is 1. The largest absolute Gasteiger partial charge is 0.349 e. The lowest BCUT2D eigenvalue weighted by molar-refractivity contribution is -0.128. The van der Waals surface area contributed by atoms with Gasteiger partial charge >= 0.3 is 0 Å². The van der Waals surface area contributed by atoms with Crippen molar-refractivity contribution in [2.24, 2.45) is 17.6 Å². The fraction of sp³-hybridized carbons (Fsp3) is 0.500. The lowest BCUT2D eigenvalue weighted by atomic mass is 9.95. The maximum absolute atomic E-state index is 12.1. The van der Waals surface area contributed by atoms with Crippen molar-refractivity contribution in [1.82, 2.24) is 4.90 Å². The zero-order chi connectivity index (χ0) is 16.0. The highest BCUT2D eigenvalue weighted by molar-refractivity contribution is 5.92. The predicted molar refractivity (Wildman–Crippen MR) is 84.9 cm³/mol. The average molecular weight is 291 g/mol. The number of nitrogens with two attached hydrogens (primary N) is 1. The van der Waals surface area contributed by atoms with Gasteiger partial charge in [-0.15, -0.1) is 0 Å². The van der Waals surface area contributed by atoms with Gasteiger partial charge in [0.1, 0.15) is 0 Å². The molecule has 0 saturated heterocycles. The minimum Gasteiger partial charge on any atom is -0.349 e. The van der Waals surface area contributed by atoms with Gasteiger partial charge in [0.05, 0.1) is 12.3 Å². The Morgan fingerprint density at radius 3 is 2.19 bits per heavy atom. The molecular formula is C16H25N3O2. The van der Waals surface area contributed by atoms with Crippen molar-refractivity contribution in [3.8, 4) is 0 Å². The van der Waals surface area contributed by atoms with E-state index in [0.29, 0.717) is 13.0 Å². The van der Waals surface area contributed by atoms with E-state index in [1.54, 1.807) is 19.0 Å². The van der Waals surface area contributed by atoms with Crippen LogP contribution in [-0.2, 0) is 16.0 Å². The molecule has 2 amide bonds. The highest BCUT2D eigenvalue weighted by atomic mass is 16.2. The minimum absolute atomic E-state index is 0.0507.